The molecule has 7 heteroatoms. The van der Waals surface area contributed by atoms with E-state index in [4.69, 9.17) is 21.1 Å². The van der Waals surface area contributed by atoms with Gasteiger partial charge in [0, 0.05) is 22.9 Å². The Balaban J connectivity index is 2.35. The van der Waals surface area contributed by atoms with E-state index in [1.807, 2.05) is 7.05 Å². The lowest BCUT2D eigenvalue weighted by molar-refractivity contribution is -0.627. The summed E-state index contributed by atoms with van der Waals surface area (Å²) in [6.45, 7) is 0.929. The summed E-state index contributed by atoms with van der Waals surface area (Å²) >= 11 is 5.91. The van der Waals surface area contributed by atoms with Gasteiger partial charge in [-0.3, -0.25) is 14.4 Å². The Labute approximate surface area is 170 Å². The van der Waals surface area contributed by atoms with Gasteiger partial charge in [-0.1, -0.05) is 11.6 Å². The molecule has 0 aliphatic heterocycles. The predicted octanol–water partition coefficient (Wildman–Crippen LogP) is 1.75. The molecular weight excluding hydrogens is 382 g/mol. The van der Waals surface area contributed by atoms with Crippen LogP contribution in [0.15, 0.2) is 24.3 Å². The van der Waals surface area contributed by atoms with Crippen LogP contribution in [-0.2, 0) is 19.1 Å². The van der Waals surface area contributed by atoms with Crippen molar-refractivity contribution in [1.82, 2.24) is 0 Å². The first kappa shape index (κ1) is 22.4. The number of carbonyl (C=O) groups is 3. The summed E-state index contributed by atoms with van der Waals surface area (Å²) in [5.41, 5.74) is 0.375. The van der Waals surface area contributed by atoms with Gasteiger partial charge in [-0.05, 0) is 43.5 Å². The van der Waals surface area contributed by atoms with Crippen LogP contribution in [-0.4, -0.2) is 45.5 Å². The number of halogens is 1. The molecule has 1 aromatic rings. The molecule has 1 aliphatic carbocycles. The van der Waals surface area contributed by atoms with E-state index in [1.54, 1.807) is 24.3 Å². The Morgan fingerprint density at radius 3 is 2.14 bits per heavy atom. The van der Waals surface area contributed by atoms with E-state index in [-0.39, 0.29) is 23.5 Å². The number of hydrogen-bond acceptors (Lipinski definition) is 5. The zero-order valence-electron chi connectivity index (χ0n) is 16.2. The topological polar surface area (TPSA) is 86.3 Å². The molecule has 6 nitrogen and oxygen atoms in total. The van der Waals surface area contributed by atoms with E-state index in [2.05, 4.69) is 5.32 Å². The summed E-state index contributed by atoms with van der Waals surface area (Å²) in [6, 6.07) is 6.39. The minimum Gasteiger partial charge on any atom is -0.469 e. The van der Waals surface area contributed by atoms with Crippen LogP contribution in [0.1, 0.15) is 29.6 Å². The lowest BCUT2D eigenvalue weighted by Gasteiger charge is -2.22. The molecule has 1 aliphatic rings. The van der Waals surface area contributed by atoms with Crippen molar-refractivity contribution in [2.24, 2.45) is 0 Å². The molecule has 0 amide bonds. The van der Waals surface area contributed by atoms with Crippen molar-refractivity contribution in [2.75, 3.05) is 27.8 Å². The van der Waals surface area contributed by atoms with Crippen LogP contribution in [0.2, 0.25) is 5.02 Å². The third-order valence-electron chi connectivity index (χ3n) is 4.50. The largest absolute Gasteiger partial charge is 0.469 e. The summed E-state index contributed by atoms with van der Waals surface area (Å²) < 4.78 is 9.70. The number of unbranched alkanes of at least 4 members (excludes halogenated alkanes) is 1. The van der Waals surface area contributed by atoms with E-state index in [0.717, 1.165) is 19.4 Å². The molecule has 0 heterocycles. The maximum atomic E-state index is 13.2. The van der Waals surface area contributed by atoms with Crippen LogP contribution in [0, 0.1) is 30.1 Å². The maximum absolute atomic E-state index is 13.2. The molecule has 1 fully saturated rings. The second kappa shape index (κ2) is 10.6. The summed E-state index contributed by atoms with van der Waals surface area (Å²) in [4.78, 5) is 37.8. The Bertz CT molecular complexity index is 691. The molecule has 0 aromatic heterocycles. The van der Waals surface area contributed by atoms with Gasteiger partial charge < -0.3 is 14.8 Å². The number of carbonyl (C=O) groups excluding carboxylic acids is 3. The van der Waals surface area contributed by atoms with Crippen molar-refractivity contribution >= 4 is 29.3 Å². The SMILES string of the molecule is C[NH2+]CCCC[C]1[C](C(=O)OC)[CH][C](C(=O)OC)[C]1C(=O)c1ccc(Cl)cc1. The molecule has 0 bridgehead atoms. The van der Waals surface area contributed by atoms with Gasteiger partial charge in [-0.15, -0.1) is 0 Å². The van der Waals surface area contributed by atoms with E-state index < -0.39 is 11.9 Å². The van der Waals surface area contributed by atoms with Gasteiger partial charge in [0.2, 0.25) is 0 Å². The zero-order valence-corrected chi connectivity index (χ0v) is 17.0. The first-order valence-electron chi connectivity index (χ1n) is 9.01. The van der Waals surface area contributed by atoms with Gasteiger partial charge in [0.15, 0.2) is 5.78 Å². The number of nitrogens with two attached hydrogens (primary N) is 1. The fourth-order valence-corrected chi connectivity index (χ4v) is 3.20. The first-order chi connectivity index (χ1) is 13.4. The highest BCUT2D eigenvalue weighted by molar-refractivity contribution is 6.30. The Morgan fingerprint density at radius 2 is 1.57 bits per heavy atom. The fourth-order valence-electron chi connectivity index (χ4n) is 3.08. The normalized spacial score (nSPS) is 16.3. The Morgan fingerprint density at radius 1 is 0.964 bits per heavy atom. The average molecular weight is 406 g/mol. The van der Waals surface area contributed by atoms with Gasteiger partial charge in [-0.2, -0.15) is 0 Å². The standard InChI is InChI=1S/C21H23ClNO5/c1-23-11-5-4-6-15-16(20(25)27-2)12-17(21(26)28-3)18(15)19(24)13-7-9-14(22)10-8-13/h7-10,12,23H,4-6,11H2,1-3H3/p+1. The van der Waals surface area contributed by atoms with Gasteiger partial charge in [-0.25, -0.2) is 0 Å². The smallest absolute Gasteiger partial charge is 0.314 e. The van der Waals surface area contributed by atoms with Crippen molar-refractivity contribution in [3.63, 3.8) is 0 Å². The second-order valence-corrected chi connectivity index (χ2v) is 6.73. The molecule has 0 saturated heterocycles. The molecule has 1 aromatic carbocycles. The van der Waals surface area contributed by atoms with Crippen LogP contribution < -0.4 is 5.32 Å². The van der Waals surface area contributed by atoms with Crippen molar-refractivity contribution in [3.05, 3.63) is 64.9 Å². The van der Waals surface area contributed by atoms with Gasteiger partial charge in [0.25, 0.3) is 0 Å². The molecule has 0 spiro atoms. The number of rotatable bonds is 9. The van der Waals surface area contributed by atoms with E-state index >= 15 is 0 Å². The van der Waals surface area contributed by atoms with E-state index in [1.165, 1.54) is 20.6 Å². The molecule has 149 valence electrons. The van der Waals surface area contributed by atoms with Crippen molar-refractivity contribution in [1.29, 1.82) is 0 Å². The molecule has 0 atom stereocenters. The number of quaternary nitrogens is 1. The Hall–Kier alpha value is -1.92. The van der Waals surface area contributed by atoms with Crippen molar-refractivity contribution in [2.45, 2.75) is 19.3 Å². The number of esters is 2. The third-order valence-corrected chi connectivity index (χ3v) is 4.75. The maximum Gasteiger partial charge on any atom is 0.314 e. The number of benzene rings is 1. The fraction of sp³-hybridized carbons (Fsp3) is 0.333. The van der Waals surface area contributed by atoms with Gasteiger partial charge in [0.05, 0.1) is 39.6 Å². The van der Waals surface area contributed by atoms with Crippen molar-refractivity contribution in [3.8, 4) is 0 Å². The van der Waals surface area contributed by atoms with E-state index in [0.29, 0.717) is 22.9 Å². The van der Waals surface area contributed by atoms with Crippen LogP contribution in [0.3, 0.4) is 0 Å². The lowest BCUT2D eigenvalue weighted by Crippen LogP contribution is -2.79. The van der Waals surface area contributed by atoms with Crippen LogP contribution in [0.5, 0.6) is 0 Å². The summed E-state index contributed by atoms with van der Waals surface area (Å²) in [5, 5.41) is 2.56. The summed E-state index contributed by atoms with van der Waals surface area (Å²) in [5.74, 6) is -0.615. The molecule has 0 unspecified atom stereocenters. The van der Waals surface area contributed by atoms with Gasteiger partial charge in [0.1, 0.15) is 5.92 Å². The van der Waals surface area contributed by atoms with Crippen molar-refractivity contribution < 1.29 is 29.2 Å². The second-order valence-electron chi connectivity index (χ2n) is 6.30. The number of methoxy groups -OCH3 is 2. The molecule has 2 N–H and O–H groups in total. The Kier molecular flexibility index (Phi) is 8.45. The molecule has 5 radical (unpaired) electrons. The molecular formula is C21H24ClNO5+. The number of ether oxygens (including phenoxy) is 2. The monoisotopic (exact) mass is 405 g/mol. The molecule has 28 heavy (non-hydrogen) atoms. The van der Waals surface area contributed by atoms with Gasteiger partial charge >= 0.3 is 11.9 Å². The highest BCUT2D eigenvalue weighted by Crippen LogP contribution is 2.51. The highest BCUT2D eigenvalue weighted by atomic mass is 35.5. The average Bonchev–Trinajstić information content (AvgIpc) is 3.09. The highest BCUT2D eigenvalue weighted by Gasteiger charge is 2.55. The minimum atomic E-state index is -0.671. The number of ketones is 1. The predicted molar refractivity (Wildman–Crippen MR) is 104 cm³/mol. The number of hydrogen-bond donors (Lipinski definition) is 1. The summed E-state index contributed by atoms with van der Waals surface area (Å²) in [7, 11) is 4.48. The third kappa shape index (κ3) is 5.11. The van der Waals surface area contributed by atoms with Crippen LogP contribution in [0.4, 0.5) is 0 Å². The number of Topliss-reactive ketones (excluding diaryl/α,β-unsaturated/α-hetero) is 1. The molecule has 1 saturated carbocycles. The van der Waals surface area contributed by atoms with Crippen LogP contribution in [0.25, 0.3) is 0 Å². The quantitative estimate of drug-likeness (QED) is 0.384. The lowest BCUT2D eigenvalue weighted by atomic mass is 9.78. The summed E-state index contributed by atoms with van der Waals surface area (Å²) in [6.07, 6.45) is 3.54. The first-order valence-corrected chi connectivity index (χ1v) is 9.39. The van der Waals surface area contributed by atoms with Crippen LogP contribution >= 0.6 is 11.6 Å². The molecule has 2 rings (SSSR count). The zero-order chi connectivity index (χ0) is 20.7. The minimum absolute atomic E-state index is 0.0694. The van der Waals surface area contributed by atoms with E-state index in [9.17, 15) is 14.4 Å².